The monoisotopic (exact) mass is 229 g/mol. The van der Waals surface area contributed by atoms with Crippen molar-refractivity contribution in [2.75, 3.05) is 13.7 Å². The van der Waals surface area contributed by atoms with Gasteiger partial charge in [0.15, 0.2) is 0 Å². The molecule has 16 heavy (non-hydrogen) atoms. The van der Waals surface area contributed by atoms with Gasteiger partial charge in [-0.05, 0) is 19.3 Å². The largest absolute Gasteiger partial charge is 0.481 e. The second-order valence-electron chi connectivity index (χ2n) is 4.46. The van der Waals surface area contributed by atoms with Crippen LogP contribution >= 0.6 is 0 Å². The fourth-order valence-electron chi connectivity index (χ4n) is 1.73. The summed E-state index contributed by atoms with van der Waals surface area (Å²) in [6.07, 6.45) is 3.24. The van der Waals surface area contributed by atoms with Crippen LogP contribution in [0, 0.1) is 5.92 Å². The van der Waals surface area contributed by atoms with E-state index in [2.05, 4.69) is 5.32 Å². The maximum absolute atomic E-state index is 11.6. The van der Waals surface area contributed by atoms with Crippen molar-refractivity contribution in [2.24, 2.45) is 5.92 Å². The van der Waals surface area contributed by atoms with Crippen LogP contribution < -0.4 is 5.32 Å². The van der Waals surface area contributed by atoms with Crippen molar-refractivity contribution >= 4 is 11.9 Å². The van der Waals surface area contributed by atoms with Crippen LogP contribution in [0.4, 0.5) is 0 Å². The van der Waals surface area contributed by atoms with Crippen LogP contribution in [0.5, 0.6) is 0 Å². The SMILES string of the molecule is COC1(CC(=O)NCC(C)C(=O)O)CCC1. The quantitative estimate of drug-likeness (QED) is 0.705. The molecule has 1 saturated carbocycles. The summed E-state index contributed by atoms with van der Waals surface area (Å²) in [5.74, 6) is -1.58. The van der Waals surface area contributed by atoms with E-state index < -0.39 is 11.9 Å². The smallest absolute Gasteiger partial charge is 0.308 e. The first-order valence-corrected chi connectivity index (χ1v) is 5.54. The summed E-state index contributed by atoms with van der Waals surface area (Å²) < 4.78 is 5.32. The number of carboxylic acids is 1. The molecule has 1 amide bonds. The standard InChI is InChI=1S/C11H19NO4/c1-8(10(14)15)7-12-9(13)6-11(16-2)4-3-5-11/h8H,3-7H2,1-2H3,(H,12,13)(H,14,15). The Labute approximate surface area is 95.2 Å². The summed E-state index contributed by atoms with van der Waals surface area (Å²) in [6.45, 7) is 1.74. The van der Waals surface area contributed by atoms with Crippen LogP contribution in [0.25, 0.3) is 0 Å². The first kappa shape index (κ1) is 13.0. The van der Waals surface area contributed by atoms with E-state index in [-0.39, 0.29) is 18.1 Å². The Kier molecular flexibility index (Phi) is 4.29. The molecule has 1 aliphatic rings. The van der Waals surface area contributed by atoms with Gasteiger partial charge in [0, 0.05) is 13.7 Å². The molecule has 0 saturated heterocycles. The number of aliphatic carboxylic acids is 1. The maximum Gasteiger partial charge on any atom is 0.308 e. The van der Waals surface area contributed by atoms with E-state index in [4.69, 9.17) is 9.84 Å². The normalized spacial score (nSPS) is 19.6. The molecule has 1 aliphatic carbocycles. The van der Waals surface area contributed by atoms with E-state index in [1.807, 2.05) is 0 Å². The van der Waals surface area contributed by atoms with Gasteiger partial charge in [-0.25, -0.2) is 0 Å². The molecule has 92 valence electrons. The average Bonchev–Trinajstić information content (AvgIpc) is 2.19. The molecule has 0 aromatic heterocycles. The van der Waals surface area contributed by atoms with Gasteiger partial charge < -0.3 is 15.2 Å². The Balaban J connectivity index is 2.28. The number of hydrogen-bond acceptors (Lipinski definition) is 3. The Morgan fingerprint density at radius 3 is 2.50 bits per heavy atom. The Hall–Kier alpha value is -1.10. The summed E-state index contributed by atoms with van der Waals surface area (Å²) in [5.41, 5.74) is -0.295. The van der Waals surface area contributed by atoms with Crippen LogP contribution in [0.1, 0.15) is 32.6 Å². The minimum absolute atomic E-state index is 0.130. The van der Waals surface area contributed by atoms with E-state index in [1.165, 1.54) is 0 Å². The lowest BCUT2D eigenvalue weighted by atomic mass is 9.77. The van der Waals surface area contributed by atoms with Crippen LogP contribution in [0.15, 0.2) is 0 Å². The Morgan fingerprint density at radius 1 is 1.50 bits per heavy atom. The van der Waals surface area contributed by atoms with Gasteiger partial charge in [-0.2, -0.15) is 0 Å². The number of methoxy groups -OCH3 is 1. The fraction of sp³-hybridized carbons (Fsp3) is 0.818. The van der Waals surface area contributed by atoms with Crippen molar-refractivity contribution in [2.45, 2.75) is 38.2 Å². The van der Waals surface area contributed by atoms with Gasteiger partial charge in [0.2, 0.25) is 5.91 Å². The van der Waals surface area contributed by atoms with Crippen LogP contribution in [-0.2, 0) is 14.3 Å². The van der Waals surface area contributed by atoms with Crippen molar-refractivity contribution in [1.82, 2.24) is 5.32 Å². The van der Waals surface area contributed by atoms with Crippen molar-refractivity contribution in [3.63, 3.8) is 0 Å². The lowest BCUT2D eigenvalue weighted by Crippen LogP contribution is -2.44. The number of amides is 1. The first-order valence-electron chi connectivity index (χ1n) is 5.54. The van der Waals surface area contributed by atoms with E-state index in [9.17, 15) is 9.59 Å². The van der Waals surface area contributed by atoms with Crippen molar-refractivity contribution in [3.05, 3.63) is 0 Å². The predicted molar refractivity (Wildman–Crippen MR) is 58.0 cm³/mol. The summed E-state index contributed by atoms with van der Waals surface area (Å²) in [6, 6.07) is 0. The van der Waals surface area contributed by atoms with Crippen molar-refractivity contribution < 1.29 is 19.4 Å². The zero-order chi connectivity index (χ0) is 12.2. The highest BCUT2D eigenvalue weighted by atomic mass is 16.5. The van der Waals surface area contributed by atoms with E-state index in [0.717, 1.165) is 19.3 Å². The molecule has 0 spiro atoms. The van der Waals surface area contributed by atoms with E-state index >= 15 is 0 Å². The minimum Gasteiger partial charge on any atom is -0.481 e. The molecule has 0 heterocycles. The van der Waals surface area contributed by atoms with Gasteiger partial charge in [0.25, 0.3) is 0 Å². The van der Waals surface area contributed by atoms with Gasteiger partial charge in [-0.1, -0.05) is 6.92 Å². The molecule has 0 aliphatic heterocycles. The molecule has 1 fully saturated rings. The maximum atomic E-state index is 11.6. The zero-order valence-electron chi connectivity index (χ0n) is 9.78. The fourth-order valence-corrected chi connectivity index (χ4v) is 1.73. The summed E-state index contributed by atoms with van der Waals surface area (Å²) in [7, 11) is 1.62. The van der Waals surface area contributed by atoms with Crippen molar-refractivity contribution in [1.29, 1.82) is 0 Å². The number of rotatable bonds is 6. The molecular weight excluding hydrogens is 210 g/mol. The molecular formula is C11H19NO4. The zero-order valence-corrected chi connectivity index (χ0v) is 9.78. The summed E-state index contributed by atoms with van der Waals surface area (Å²) in [5, 5.41) is 11.3. The lowest BCUT2D eigenvalue weighted by Gasteiger charge is -2.39. The molecule has 1 unspecified atom stereocenters. The first-order chi connectivity index (χ1) is 7.49. The van der Waals surface area contributed by atoms with Crippen LogP contribution in [0.3, 0.4) is 0 Å². The number of carbonyl (C=O) groups is 2. The van der Waals surface area contributed by atoms with Gasteiger partial charge in [-0.15, -0.1) is 0 Å². The molecule has 5 heteroatoms. The highest BCUT2D eigenvalue weighted by Gasteiger charge is 2.38. The number of ether oxygens (including phenoxy) is 1. The highest BCUT2D eigenvalue weighted by molar-refractivity contribution is 5.78. The number of carboxylic acid groups (broad SMARTS) is 1. The van der Waals surface area contributed by atoms with E-state index in [1.54, 1.807) is 14.0 Å². The Bertz CT molecular complexity index is 268. The minimum atomic E-state index is -0.898. The number of carbonyl (C=O) groups excluding carboxylic acids is 1. The molecule has 5 nitrogen and oxygen atoms in total. The molecule has 0 aromatic rings. The third kappa shape index (κ3) is 3.20. The molecule has 2 N–H and O–H groups in total. The second-order valence-corrected chi connectivity index (χ2v) is 4.46. The molecule has 0 bridgehead atoms. The van der Waals surface area contributed by atoms with Gasteiger partial charge >= 0.3 is 5.97 Å². The second kappa shape index (κ2) is 5.30. The lowest BCUT2D eigenvalue weighted by molar-refractivity contribution is -0.141. The predicted octanol–water partition coefficient (Wildman–Crippen LogP) is 0.782. The van der Waals surface area contributed by atoms with E-state index in [0.29, 0.717) is 6.42 Å². The molecule has 0 aromatic carbocycles. The Morgan fingerprint density at radius 2 is 2.12 bits per heavy atom. The van der Waals surface area contributed by atoms with Crippen LogP contribution in [-0.4, -0.2) is 36.2 Å². The molecule has 1 atom stereocenters. The third-order valence-electron chi connectivity index (χ3n) is 3.21. The summed E-state index contributed by atoms with van der Waals surface area (Å²) in [4.78, 5) is 22.1. The van der Waals surface area contributed by atoms with Gasteiger partial charge in [0.1, 0.15) is 0 Å². The van der Waals surface area contributed by atoms with Gasteiger partial charge in [0.05, 0.1) is 17.9 Å². The number of nitrogens with one attached hydrogen (secondary N) is 1. The average molecular weight is 229 g/mol. The van der Waals surface area contributed by atoms with Gasteiger partial charge in [-0.3, -0.25) is 9.59 Å². The molecule has 0 radical (unpaired) electrons. The highest BCUT2D eigenvalue weighted by Crippen LogP contribution is 2.37. The van der Waals surface area contributed by atoms with Crippen LogP contribution in [0.2, 0.25) is 0 Å². The summed E-state index contributed by atoms with van der Waals surface area (Å²) >= 11 is 0. The van der Waals surface area contributed by atoms with Crippen molar-refractivity contribution in [3.8, 4) is 0 Å². The topological polar surface area (TPSA) is 75.6 Å². The molecule has 1 rings (SSSR count). The third-order valence-corrected chi connectivity index (χ3v) is 3.21. The number of hydrogen-bond donors (Lipinski definition) is 2.